The molecular formula is C18H20FNO3. The highest BCUT2D eigenvalue weighted by atomic mass is 19.1. The molecule has 23 heavy (non-hydrogen) atoms. The zero-order chi connectivity index (χ0) is 17.0. The largest absolute Gasteiger partial charge is 0.478 e. The van der Waals surface area contributed by atoms with Crippen LogP contribution in [0, 0.1) is 5.82 Å². The van der Waals surface area contributed by atoms with Crippen molar-refractivity contribution < 1.29 is 19.1 Å². The van der Waals surface area contributed by atoms with Gasteiger partial charge in [-0.1, -0.05) is 24.3 Å². The lowest BCUT2D eigenvalue weighted by molar-refractivity contribution is -0.134. The van der Waals surface area contributed by atoms with Gasteiger partial charge in [-0.2, -0.15) is 0 Å². The summed E-state index contributed by atoms with van der Waals surface area (Å²) in [6, 6.07) is 5.65. The van der Waals surface area contributed by atoms with Crippen LogP contribution in [0.1, 0.15) is 37.8 Å². The van der Waals surface area contributed by atoms with Crippen LogP contribution < -0.4 is 0 Å². The van der Waals surface area contributed by atoms with Gasteiger partial charge in [0.05, 0.1) is 12.1 Å². The van der Waals surface area contributed by atoms with E-state index in [0.29, 0.717) is 12.8 Å². The molecule has 0 aromatic heterocycles. The fraction of sp³-hybridized carbons (Fsp3) is 0.333. The predicted molar refractivity (Wildman–Crippen MR) is 85.2 cm³/mol. The SMILES string of the molecule is C=CCC(=O)N1[C@@H](C=C(C)C(=O)O)CC[C@H]1c1cccc(F)c1. The molecule has 4 nitrogen and oxygen atoms in total. The number of halogens is 1. The van der Waals surface area contributed by atoms with Crippen molar-refractivity contribution >= 4 is 11.9 Å². The molecule has 2 atom stereocenters. The number of carbonyl (C=O) groups is 2. The third-order valence-electron chi connectivity index (χ3n) is 4.05. The van der Waals surface area contributed by atoms with E-state index < -0.39 is 5.97 Å². The molecule has 0 radical (unpaired) electrons. The Morgan fingerprint density at radius 1 is 1.43 bits per heavy atom. The number of aliphatic carboxylic acids is 1. The van der Waals surface area contributed by atoms with E-state index in [2.05, 4.69) is 6.58 Å². The van der Waals surface area contributed by atoms with Crippen molar-refractivity contribution in [1.82, 2.24) is 4.90 Å². The Hall–Kier alpha value is -2.43. The molecule has 1 saturated heterocycles. The monoisotopic (exact) mass is 317 g/mol. The number of hydrogen-bond acceptors (Lipinski definition) is 2. The van der Waals surface area contributed by atoms with Gasteiger partial charge in [-0.3, -0.25) is 4.79 Å². The Morgan fingerprint density at radius 2 is 2.17 bits per heavy atom. The molecule has 0 aliphatic carbocycles. The Labute approximate surface area is 134 Å². The van der Waals surface area contributed by atoms with Crippen molar-refractivity contribution in [2.45, 2.75) is 38.3 Å². The van der Waals surface area contributed by atoms with Gasteiger partial charge in [-0.25, -0.2) is 9.18 Å². The number of nitrogens with zero attached hydrogens (tertiary/aromatic N) is 1. The summed E-state index contributed by atoms with van der Waals surface area (Å²) in [5, 5.41) is 9.05. The van der Waals surface area contributed by atoms with Gasteiger partial charge in [0.2, 0.25) is 5.91 Å². The van der Waals surface area contributed by atoms with Crippen molar-refractivity contribution in [3.05, 3.63) is 60.0 Å². The minimum Gasteiger partial charge on any atom is -0.478 e. The lowest BCUT2D eigenvalue weighted by atomic mass is 10.0. The van der Waals surface area contributed by atoms with Crippen LogP contribution in [-0.4, -0.2) is 27.9 Å². The van der Waals surface area contributed by atoms with Crippen LogP contribution >= 0.6 is 0 Å². The van der Waals surface area contributed by atoms with Crippen LogP contribution in [0.25, 0.3) is 0 Å². The fourth-order valence-electron chi connectivity index (χ4n) is 2.99. The number of carboxylic acids is 1. The topological polar surface area (TPSA) is 57.6 Å². The van der Waals surface area contributed by atoms with Crippen LogP contribution in [0.5, 0.6) is 0 Å². The molecule has 122 valence electrons. The van der Waals surface area contributed by atoms with E-state index in [0.717, 1.165) is 5.56 Å². The van der Waals surface area contributed by atoms with Crippen molar-refractivity contribution in [2.24, 2.45) is 0 Å². The van der Waals surface area contributed by atoms with E-state index in [9.17, 15) is 14.0 Å². The van der Waals surface area contributed by atoms with Gasteiger partial charge in [0.25, 0.3) is 0 Å². The summed E-state index contributed by atoms with van der Waals surface area (Å²) >= 11 is 0. The zero-order valence-electron chi connectivity index (χ0n) is 13.0. The molecule has 0 spiro atoms. The van der Waals surface area contributed by atoms with E-state index in [1.165, 1.54) is 25.1 Å². The number of carbonyl (C=O) groups excluding carboxylic acids is 1. The standard InChI is InChI=1S/C18H20FNO3/c1-3-5-17(21)20-15(10-12(2)18(22)23)8-9-16(20)13-6-4-7-14(19)11-13/h3-4,6-7,10-11,15-16H,1,5,8-9H2,2H3,(H,22,23)/t15-,16+/m1/s1. The quantitative estimate of drug-likeness (QED) is 0.668. The van der Waals surface area contributed by atoms with Gasteiger partial charge in [-0.05, 0) is 37.5 Å². The van der Waals surface area contributed by atoms with Crippen molar-refractivity contribution in [2.75, 3.05) is 0 Å². The first-order chi connectivity index (χ1) is 10.9. The molecule has 1 heterocycles. The average Bonchev–Trinajstić information content (AvgIpc) is 2.91. The van der Waals surface area contributed by atoms with Gasteiger partial charge < -0.3 is 10.0 Å². The van der Waals surface area contributed by atoms with Crippen LogP contribution in [0.3, 0.4) is 0 Å². The highest BCUT2D eigenvalue weighted by Crippen LogP contribution is 2.37. The number of rotatable bonds is 5. The normalized spacial score (nSPS) is 21.3. The Kier molecular flexibility index (Phi) is 5.32. The molecule has 0 bridgehead atoms. The molecular weight excluding hydrogens is 297 g/mol. The van der Waals surface area contributed by atoms with Crippen LogP contribution in [0.4, 0.5) is 4.39 Å². The molecule has 1 fully saturated rings. The highest BCUT2D eigenvalue weighted by molar-refractivity contribution is 5.86. The maximum absolute atomic E-state index is 13.5. The second-order valence-corrected chi connectivity index (χ2v) is 5.66. The first kappa shape index (κ1) is 16.9. The third kappa shape index (κ3) is 3.86. The molecule has 5 heteroatoms. The molecule has 1 aliphatic heterocycles. The van der Waals surface area contributed by atoms with Gasteiger partial charge >= 0.3 is 5.97 Å². The van der Waals surface area contributed by atoms with E-state index in [1.54, 1.807) is 23.1 Å². The zero-order valence-corrected chi connectivity index (χ0v) is 13.0. The first-order valence-electron chi connectivity index (χ1n) is 7.53. The van der Waals surface area contributed by atoms with Crippen molar-refractivity contribution in [1.29, 1.82) is 0 Å². The summed E-state index contributed by atoms with van der Waals surface area (Å²) in [5.41, 5.74) is 0.928. The molecule has 0 saturated carbocycles. The van der Waals surface area contributed by atoms with E-state index >= 15 is 0 Å². The van der Waals surface area contributed by atoms with Gasteiger partial charge in [-0.15, -0.1) is 6.58 Å². The van der Waals surface area contributed by atoms with E-state index in [1.807, 2.05) is 0 Å². The Morgan fingerprint density at radius 3 is 2.78 bits per heavy atom. The second kappa shape index (κ2) is 7.22. The maximum Gasteiger partial charge on any atom is 0.331 e. The molecule has 0 unspecified atom stereocenters. The van der Waals surface area contributed by atoms with Crippen LogP contribution in [0.15, 0.2) is 48.6 Å². The Bertz CT molecular complexity index is 653. The number of benzene rings is 1. The molecule has 1 aromatic rings. The number of amides is 1. The smallest absolute Gasteiger partial charge is 0.331 e. The summed E-state index contributed by atoms with van der Waals surface area (Å²) in [7, 11) is 0. The maximum atomic E-state index is 13.5. The van der Waals surface area contributed by atoms with Crippen molar-refractivity contribution in [3.8, 4) is 0 Å². The van der Waals surface area contributed by atoms with Gasteiger partial charge in [0.1, 0.15) is 5.82 Å². The third-order valence-corrected chi connectivity index (χ3v) is 4.05. The van der Waals surface area contributed by atoms with Crippen LogP contribution in [-0.2, 0) is 9.59 Å². The average molecular weight is 317 g/mol. The van der Waals surface area contributed by atoms with E-state index in [4.69, 9.17) is 5.11 Å². The summed E-state index contributed by atoms with van der Waals surface area (Å²) in [6.45, 7) is 5.09. The van der Waals surface area contributed by atoms with Gasteiger partial charge in [0, 0.05) is 12.0 Å². The predicted octanol–water partition coefficient (Wildman–Crippen LogP) is 3.46. The molecule has 1 N–H and O–H groups in total. The summed E-state index contributed by atoms with van der Waals surface area (Å²) in [6.07, 6.45) is 4.61. The first-order valence-corrected chi connectivity index (χ1v) is 7.53. The summed E-state index contributed by atoms with van der Waals surface area (Å²) < 4.78 is 13.5. The number of carboxylic acid groups (broad SMARTS) is 1. The number of likely N-dealkylation sites (tertiary alicyclic amines) is 1. The molecule has 1 amide bonds. The van der Waals surface area contributed by atoms with Crippen LogP contribution in [0.2, 0.25) is 0 Å². The molecule has 2 rings (SSSR count). The lowest BCUT2D eigenvalue weighted by Gasteiger charge is -2.29. The van der Waals surface area contributed by atoms with Crippen molar-refractivity contribution in [3.63, 3.8) is 0 Å². The highest BCUT2D eigenvalue weighted by Gasteiger charge is 2.36. The fourth-order valence-corrected chi connectivity index (χ4v) is 2.99. The minimum atomic E-state index is -1.00. The summed E-state index contributed by atoms with van der Waals surface area (Å²) in [5.74, 6) is -1.49. The Balaban J connectivity index is 2.36. The number of hydrogen-bond donors (Lipinski definition) is 1. The molecule has 1 aromatic carbocycles. The summed E-state index contributed by atoms with van der Waals surface area (Å²) in [4.78, 5) is 25.2. The van der Waals surface area contributed by atoms with Gasteiger partial charge in [0.15, 0.2) is 0 Å². The lowest BCUT2D eigenvalue weighted by Crippen LogP contribution is -2.36. The second-order valence-electron chi connectivity index (χ2n) is 5.66. The van der Waals surface area contributed by atoms with E-state index in [-0.39, 0.29) is 35.8 Å². The molecule has 1 aliphatic rings. The minimum absolute atomic E-state index is 0.133.